The van der Waals surface area contributed by atoms with E-state index in [1.165, 1.54) is 0 Å². The summed E-state index contributed by atoms with van der Waals surface area (Å²) in [4.78, 5) is 2.16. The fourth-order valence-corrected chi connectivity index (χ4v) is 1.51. The second kappa shape index (κ2) is 9.99. The van der Waals surface area contributed by atoms with Crippen LogP contribution in [-0.4, -0.2) is 73.8 Å². The number of rotatable bonds is 10. The predicted molar refractivity (Wildman–Crippen MR) is 64.5 cm³/mol. The highest BCUT2D eigenvalue weighted by molar-refractivity contribution is 4.67. The normalized spacial score (nSPS) is 15.4. The van der Waals surface area contributed by atoms with E-state index in [1.54, 1.807) is 7.11 Å². The van der Waals surface area contributed by atoms with E-state index in [1.807, 2.05) is 0 Å². The molecule has 0 rings (SSSR count). The van der Waals surface area contributed by atoms with Gasteiger partial charge in [0.1, 0.15) is 0 Å². The van der Waals surface area contributed by atoms with Crippen LogP contribution in [0, 0.1) is 0 Å². The number of nitrogens with one attached hydrogen (secondary N) is 1. The van der Waals surface area contributed by atoms with Gasteiger partial charge in [-0.3, -0.25) is 0 Å². The van der Waals surface area contributed by atoms with E-state index in [0.717, 1.165) is 13.1 Å². The van der Waals surface area contributed by atoms with Gasteiger partial charge < -0.3 is 25.2 Å². The third-order valence-electron chi connectivity index (χ3n) is 2.48. The first-order valence-corrected chi connectivity index (χ1v) is 5.92. The minimum atomic E-state index is -0.509. The van der Waals surface area contributed by atoms with Crippen molar-refractivity contribution in [3.63, 3.8) is 0 Å². The summed E-state index contributed by atoms with van der Waals surface area (Å²) in [5.41, 5.74) is 0. The Balaban J connectivity index is 3.53. The fraction of sp³-hybridized carbons (Fsp3) is 1.00. The molecule has 0 amide bonds. The summed E-state index contributed by atoms with van der Waals surface area (Å²) in [7, 11) is 1.55. The second-order valence-corrected chi connectivity index (χ2v) is 3.91. The van der Waals surface area contributed by atoms with Crippen LogP contribution < -0.4 is 5.32 Å². The first kappa shape index (κ1) is 15.8. The van der Waals surface area contributed by atoms with E-state index >= 15 is 0 Å². The molecule has 2 atom stereocenters. The van der Waals surface area contributed by atoms with Crippen molar-refractivity contribution in [3.8, 4) is 0 Å². The van der Waals surface area contributed by atoms with Gasteiger partial charge in [-0.2, -0.15) is 0 Å². The molecular formula is C11H26N2O3. The van der Waals surface area contributed by atoms with Crippen LogP contribution in [0.25, 0.3) is 0 Å². The lowest BCUT2D eigenvalue weighted by atomic mass is 10.3. The summed E-state index contributed by atoms with van der Waals surface area (Å²) in [5.74, 6) is 0. The van der Waals surface area contributed by atoms with Crippen LogP contribution in [0.4, 0.5) is 0 Å². The highest BCUT2D eigenvalue weighted by Gasteiger charge is 2.09. The Morgan fingerprint density at radius 3 is 2.19 bits per heavy atom. The zero-order chi connectivity index (χ0) is 12.4. The lowest BCUT2D eigenvalue weighted by Crippen LogP contribution is -2.40. The average Bonchev–Trinajstić information content (AvgIpc) is 2.26. The number of methoxy groups -OCH3 is 1. The van der Waals surface area contributed by atoms with Gasteiger partial charge >= 0.3 is 0 Å². The number of hydrogen-bond donors (Lipinski definition) is 3. The van der Waals surface area contributed by atoms with Crippen molar-refractivity contribution in [1.29, 1.82) is 0 Å². The van der Waals surface area contributed by atoms with Crippen LogP contribution in [-0.2, 0) is 4.74 Å². The van der Waals surface area contributed by atoms with E-state index in [9.17, 15) is 10.2 Å². The monoisotopic (exact) mass is 234 g/mol. The Labute approximate surface area is 98.4 Å². The van der Waals surface area contributed by atoms with Gasteiger partial charge in [0.25, 0.3) is 0 Å². The van der Waals surface area contributed by atoms with E-state index in [2.05, 4.69) is 24.1 Å². The van der Waals surface area contributed by atoms with Crippen LogP contribution in [0.5, 0.6) is 0 Å². The maximum absolute atomic E-state index is 9.71. The van der Waals surface area contributed by atoms with Gasteiger partial charge in [-0.25, -0.2) is 0 Å². The Morgan fingerprint density at radius 2 is 1.69 bits per heavy atom. The van der Waals surface area contributed by atoms with E-state index in [-0.39, 0.29) is 0 Å². The Bertz CT molecular complexity index is 154. The molecule has 0 saturated heterocycles. The molecule has 0 aliphatic heterocycles. The lowest BCUT2D eigenvalue weighted by Gasteiger charge is -2.22. The third kappa shape index (κ3) is 8.01. The van der Waals surface area contributed by atoms with Crippen molar-refractivity contribution in [2.45, 2.75) is 26.1 Å². The van der Waals surface area contributed by atoms with Crippen LogP contribution in [0.15, 0.2) is 0 Å². The van der Waals surface area contributed by atoms with E-state index < -0.39 is 12.2 Å². The second-order valence-electron chi connectivity index (χ2n) is 3.91. The minimum Gasteiger partial charge on any atom is -0.390 e. The molecular weight excluding hydrogens is 208 g/mol. The topological polar surface area (TPSA) is 65.0 Å². The fourth-order valence-electron chi connectivity index (χ4n) is 1.51. The first-order valence-electron chi connectivity index (χ1n) is 5.92. The zero-order valence-corrected chi connectivity index (χ0v) is 10.6. The smallest absolute Gasteiger partial charge is 0.0897 e. The molecule has 0 aromatic carbocycles. The zero-order valence-electron chi connectivity index (χ0n) is 10.6. The molecule has 5 nitrogen and oxygen atoms in total. The summed E-state index contributed by atoms with van der Waals surface area (Å²) >= 11 is 0. The average molecular weight is 234 g/mol. The molecule has 3 N–H and O–H groups in total. The summed E-state index contributed by atoms with van der Waals surface area (Å²) in [6, 6.07) is 0. The number of hydrogen-bond acceptors (Lipinski definition) is 5. The van der Waals surface area contributed by atoms with Gasteiger partial charge in [0.05, 0.1) is 18.8 Å². The molecule has 5 heteroatoms. The third-order valence-corrected chi connectivity index (χ3v) is 2.48. The van der Waals surface area contributed by atoms with E-state index in [0.29, 0.717) is 26.2 Å². The van der Waals surface area contributed by atoms with Crippen molar-refractivity contribution in [2.75, 3.05) is 46.4 Å². The summed E-state index contributed by atoms with van der Waals surface area (Å²) < 4.78 is 4.80. The van der Waals surface area contributed by atoms with Gasteiger partial charge in [-0.1, -0.05) is 13.8 Å². The highest BCUT2D eigenvalue weighted by atomic mass is 16.5. The van der Waals surface area contributed by atoms with Gasteiger partial charge in [0.15, 0.2) is 0 Å². The predicted octanol–water partition coefficient (Wildman–Crippen LogP) is -0.714. The van der Waals surface area contributed by atoms with Gasteiger partial charge in [0, 0.05) is 26.7 Å². The molecule has 0 bridgehead atoms. The van der Waals surface area contributed by atoms with Crippen molar-refractivity contribution in [3.05, 3.63) is 0 Å². The molecule has 16 heavy (non-hydrogen) atoms. The molecule has 2 unspecified atom stereocenters. The molecule has 0 aliphatic carbocycles. The first-order chi connectivity index (χ1) is 7.63. The largest absolute Gasteiger partial charge is 0.390 e. The molecule has 0 spiro atoms. The Kier molecular flexibility index (Phi) is 9.86. The van der Waals surface area contributed by atoms with Crippen molar-refractivity contribution < 1.29 is 14.9 Å². The summed E-state index contributed by atoms with van der Waals surface area (Å²) in [6.45, 7) is 7.97. The number of likely N-dealkylation sites (N-methyl/N-ethyl adjacent to an activating group) is 1. The van der Waals surface area contributed by atoms with Gasteiger partial charge in [-0.05, 0) is 13.1 Å². The molecule has 0 aromatic rings. The minimum absolute atomic E-state index is 0.319. The number of aliphatic hydroxyl groups excluding tert-OH is 2. The molecule has 0 radical (unpaired) electrons. The number of ether oxygens (including phenoxy) is 1. The lowest BCUT2D eigenvalue weighted by molar-refractivity contribution is 0.0594. The Hall–Kier alpha value is -0.200. The SMILES string of the molecule is CCN(CC)CC(O)CNCC(O)COC. The van der Waals surface area contributed by atoms with Crippen molar-refractivity contribution >= 4 is 0 Å². The Morgan fingerprint density at radius 1 is 1.12 bits per heavy atom. The van der Waals surface area contributed by atoms with Crippen LogP contribution >= 0.6 is 0 Å². The maximum atomic E-state index is 9.71. The van der Waals surface area contributed by atoms with Crippen molar-refractivity contribution in [2.24, 2.45) is 0 Å². The van der Waals surface area contributed by atoms with Crippen LogP contribution in [0.2, 0.25) is 0 Å². The molecule has 0 aliphatic rings. The van der Waals surface area contributed by atoms with Crippen LogP contribution in [0.1, 0.15) is 13.8 Å². The standard InChI is InChI=1S/C11H26N2O3/c1-4-13(5-2)8-10(14)6-12-7-11(15)9-16-3/h10-12,14-15H,4-9H2,1-3H3. The summed E-state index contributed by atoms with van der Waals surface area (Å²) in [5, 5.41) is 22.1. The molecule has 0 heterocycles. The van der Waals surface area contributed by atoms with Gasteiger partial charge in [0.2, 0.25) is 0 Å². The number of aliphatic hydroxyl groups is 2. The molecule has 98 valence electrons. The highest BCUT2D eigenvalue weighted by Crippen LogP contribution is 1.91. The summed E-state index contributed by atoms with van der Waals surface area (Å²) in [6.07, 6.45) is -0.903. The molecule has 0 aromatic heterocycles. The van der Waals surface area contributed by atoms with Crippen LogP contribution in [0.3, 0.4) is 0 Å². The van der Waals surface area contributed by atoms with Crippen molar-refractivity contribution in [1.82, 2.24) is 10.2 Å². The molecule has 0 fully saturated rings. The number of nitrogens with zero attached hydrogens (tertiary/aromatic N) is 1. The quantitative estimate of drug-likeness (QED) is 0.466. The molecule has 0 saturated carbocycles. The maximum Gasteiger partial charge on any atom is 0.0897 e. The van der Waals surface area contributed by atoms with E-state index in [4.69, 9.17) is 4.74 Å². The van der Waals surface area contributed by atoms with Gasteiger partial charge in [-0.15, -0.1) is 0 Å².